The fourth-order valence-corrected chi connectivity index (χ4v) is 3.61. The van der Waals surface area contributed by atoms with Crippen molar-refractivity contribution in [3.05, 3.63) is 59.0 Å². The Bertz CT molecular complexity index is 946. The van der Waals surface area contributed by atoms with Gasteiger partial charge in [0.15, 0.2) is 5.65 Å². The van der Waals surface area contributed by atoms with Crippen LogP contribution in [0.2, 0.25) is 5.02 Å². The molecule has 1 amide bonds. The summed E-state index contributed by atoms with van der Waals surface area (Å²) in [5.74, 6) is -0.0257. The molecule has 4 rings (SSSR count). The maximum Gasteiger partial charge on any atom is 0.272 e. The minimum absolute atomic E-state index is 0.0257. The largest absolute Gasteiger partial charge is 0.367 e. The number of fused-ring (bicyclic) bond motifs is 1. The lowest BCUT2D eigenvalue weighted by Crippen LogP contribution is -2.49. The van der Waals surface area contributed by atoms with Crippen LogP contribution in [0.3, 0.4) is 0 Å². The van der Waals surface area contributed by atoms with Gasteiger partial charge in [0.1, 0.15) is 5.69 Å². The third-order valence-corrected chi connectivity index (χ3v) is 5.09. The molecule has 1 fully saturated rings. The van der Waals surface area contributed by atoms with Crippen LogP contribution in [0.4, 0.5) is 5.69 Å². The Hall–Kier alpha value is -2.60. The molecule has 0 spiro atoms. The molecule has 1 aromatic carbocycles. The van der Waals surface area contributed by atoms with E-state index in [1.54, 1.807) is 10.7 Å². The monoisotopic (exact) mass is 369 g/mol. The topological polar surface area (TPSA) is 53.7 Å². The number of carbonyl (C=O) groups excluding carboxylic acids is 1. The summed E-state index contributed by atoms with van der Waals surface area (Å²) in [5.41, 5.74) is 3.20. The molecule has 1 aliphatic rings. The van der Waals surface area contributed by atoms with Crippen LogP contribution >= 0.6 is 11.6 Å². The first-order valence-electron chi connectivity index (χ1n) is 8.80. The number of nitrogens with zero attached hydrogens (tertiary/aromatic N) is 5. The zero-order valence-corrected chi connectivity index (χ0v) is 15.4. The number of rotatable bonds is 3. The molecule has 2 aromatic heterocycles. The van der Waals surface area contributed by atoms with Gasteiger partial charge < -0.3 is 9.80 Å². The maximum atomic E-state index is 12.9. The summed E-state index contributed by atoms with van der Waals surface area (Å²) in [6, 6.07) is 11.5. The van der Waals surface area contributed by atoms with Crippen molar-refractivity contribution in [2.24, 2.45) is 0 Å². The summed E-state index contributed by atoms with van der Waals surface area (Å²) >= 11 is 6.29. The molecule has 0 bridgehead atoms. The quantitative estimate of drug-likeness (QED) is 0.712. The summed E-state index contributed by atoms with van der Waals surface area (Å²) in [5, 5.41) is 5.01. The molecule has 0 aliphatic carbocycles. The van der Waals surface area contributed by atoms with E-state index in [1.165, 1.54) is 0 Å². The van der Waals surface area contributed by atoms with Crippen LogP contribution in [0.5, 0.6) is 0 Å². The summed E-state index contributed by atoms with van der Waals surface area (Å²) in [6.07, 6.45) is 2.50. The van der Waals surface area contributed by atoms with Gasteiger partial charge in [0.05, 0.1) is 16.9 Å². The summed E-state index contributed by atoms with van der Waals surface area (Å²) < 4.78 is 1.78. The third-order valence-electron chi connectivity index (χ3n) is 4.77. The molecule has 1 aliphatic heterocycles. The minimum atomic E-state index is -0.0257. The van der Waals surface area contributed by atoms with E-state index in [0.29, 0.717) is 24.4 Å². The zero-order chi connectivity index (χ0) is 18.1. The maximum absolute atomic E-state index is 12.9. The summed E-state index contributed by atoms with van der Waals surface area (Å²) in [6.45, 7) is 4.86. The molecule has 0 saturated carbocycles. The molecule has 0 atom stereocenters. The Balaban J connectivity index is 1.51. The molecule has 3 aromatic rings. The number of carbonyl (C=O) groups is 1. The number of amides is 1. The van der Waals surface area contributed by atoms with E-state index >= 15 is 0 Å². The lowest BCUT2D eigenvalue weighted by atomic mass is 10.2. The average Bonchev–Trinajstić information content (AvgIpc) is 3.16. The van der Waals surface area contributed by atoms with Crippen LogP contribution in [0.25, 0.3) is 5.65 Å². The van der Waals surface area contributed by atoms with E-state index < -0.39 is 0 Å². The van der Waals surface area contributed by atoms with Gasteiger partial charge >= 0.3 is 0 Å². The number of hydrogen-bond donors (Lipinski definition) is 0. The van der Waals surface area contributed by atoms with Gasteiger partial charge in [0, 0.05) is 37.9 Å². The molecule has 0 N–H and O–H groups in total. The highest BCUT2D eigenvalue weighted by Gasteiger charge is 2.24. The molecular formula is C19H20ClN5O. The molecular weight excluding hydrogens is 350 g/mol. The van der Waals surface area contributed by atoms with Gasteiger partial charge in [-0.1, -0.05) is 30.7 Å². The number of halogens is 1. The number of aromatic nitrogens is 3. The van der Waals surface area contributed by atoms with Crippen molar-refractivity contribution in [1.82, 2.24) is 19.5 Å². The first kappa shape index (κ1) is 16.8. The van der Waals surface area contributed by atoms with Gasteiger partial charge in [-0.15, -0.1) is 0 Å². The van der Waals surface area contributed by atoms with E-state index in [1.807, 2.05) is 48.2 Å². The number of benzene rings is 1. The highest BCUT2D eigenvalue weighted by Crippen LogP contribution is 2.26. The van der Waals surface area contributed by atoms with Crippen molar-refractivity contribution in [2.45, 2.75) is 13.3 Å². The predicted molar refractivity (Wildman–Crippen MR) is 102 cm³/mol. The van der Waals surface area contributed by atoms with Gasteiger partial charge in [0.25, 0.3) is 5.91 Å². The Morgan fingerprint density at radius 3 is 2.65 bits per heavy atom. The van der Waals surface area contributed by atoms with Gasteiger partial charge in [-0.3, -0.25) is 4.79 Å². The molecule has 3 heterocycles. The van der Waals surface area contributed by atoms with Gasteiger partial charge in [-0.2, -0.15) is 5.10 Å². The molecule has 6 nitrogen and oxygen atoms in total. The number of para-hydroxylation sites is 1. The van der Waals surface area contributed by atoms with Gasteiger partial charge in [-0.05, 0) is 24.6 Å². The van der Waals surface area contributed by atoms with Crippen molar-refractivity contribution in [2.75, 3.05) is 31.1 Å². The molecule has 1 saturated heterocycles. The van der Waals surface area contributed by atoms with Crippen LogP contribution in [-0.2, 0) is 6.42 Å². The van der Waals surface area contributed by atoms with E-state index in [9.17, 15) is 4.79 Å². The Labute approximate surface area is 157 Å². The van der Waals surface area contributed by atoms with Crippen molar-refractivity contribution in [3.8, 4) is 0 Å². The second-order valence-electron chi connectivity index (χ2n) is 6.32. The Morgan fingerprint density at radius 1 is 1.15 bits per heavy atom. The first-order chi connectivity index (χ1) is 12.7. The number of aryl methyl sites for hydroxylation is 1. The van der Waals surface area contributed by atoms with Crippen LogP contribution < -0.4 is 4.90 Å². The van der Waals surface area contributed by atoms with E-state index in [-0.39, 0.29) is 5.91 Å². The Morgan fingerprint density at radius 2 is 1.92 bits per heavy atom. The highest BCUT2D eigenvalue weighted by molar-refractivity contribution is 6.33. The van der Waals surface area contributed by atoms with E-state index in [4.69, 9.17) is 11.6 Å². The molecule has 7 heteroatoms. The molecule has 0 unspecified atom stereocenters. The number of hydrogen-bond acceptors (Lipinski definition) is 4. The van der Waals surface area contributed by atoms with E-state index in [2.05, 4.69) is 15.0 Å². The highest BCUT2D eigenvalue weighted by atomic mass is 35.5. The second-order valence-corrected chi connectivity index (χ2v) is 6.73. The van der Waals surface area contributed by atoms with Gasteiger partial charge in [-0.25, -0.2) is 9.50 Å². The number of anilines is 1. The summed E-state index contributed by atoms with van der Waals surface area (Å²) in [4.78, 5) is 21.5. The normalized spacial score (nSPS) is 14.8. The SMILES string of the molecule is CCc1cc(C(=O)N2CCN(c3ccccc3Cl)CC2)nc2ccnn12. The van der Waals surface area contributed by atoms with Crippen molar-refractivity contribution in [1.29, 1.82) is 0 Å². The average molecular weight is 370 g/mol. The Kier molecular flexibility index (Phi) is 4.51. The summed E-state index contributed by atoms with van der Waals surface area (Å²) in [7, 11) is 0. The molecule has 0 radical (unpaired) electrons. The molecule has 134 valence electrons. The lowest BCUT2D eigenvalue weighted by Gasteiger charge is -2.36. The lowest BCUT2D eigenvalue weighted by molar-refractivity contribution is 0.0741. The zero-order valence-electron chi connectivity index (χ0n) is 14.6. The van der Waals surface area contributed by atoms with Crippen LogP contribution in [0.1, 0.15) is 23.1 Å². The number of piperazine rings is 1. The van der Waals surface area contributed by atoms with E-state index in [0.717, 1.165) is 35.9 Å². The second kappa shape index (κ2) is 6.96. The van der Waals surface area contributed by atoms with Crippen LogP contribution in [0, 0.1) is 0 Å². The van der Waals surface area contributed by atoms with Crippen LogP contribution in [-0.4, -0.2) is 51.6 Å². The minimum Gasteiger partial charge on any atom is -0.367 e. The standard InChI is InChI=1S/C19H20ClN5O/c1-2-14-13-16(22-18-7-8-21-25(14)18)19(26)24-11-9-23(10-12-24)17-6-4-3-5-15(17)20/h3-8,13H,2,9-12H2,1H3. The van der Waals surface area contributed by atoms with Gasteiger partial charge in [0.2, 0.25) is 0 Å². The first-order valence-corrected chi connectivity index (χ1v) is 9.17. The fraction of sp³-hybridized carbons (Fsp3) is 0.316. The van der Waals surface area contributed by atoms with Crippen LogP contribution in [0.15, 0.2) is 42.6 Å². The van der Waals surface area contributed by atoms with Crippen molar-refractivity contribution < 1.29 is 4.79 Å². The fourth-order valence-electron chi connectivity index (χ4n) is 3.36. The third kappa shape index (κ3) is 3.01. The van der Waals surface area contributed by atoms with Crippen molar-refractivity contribution >= 4 is 28.8 Å². The molecule has 26 heavy (non-hydrogen) atoms. The smallest absolute Gasteiger partial charge is 0.272 e. The van der Waals surface area contributed by atoms with Crippen molar-refractivity contribution in [3.63, 3.8) is 0 Å². The predicted octanol–water partition coefficient (Wildman–Crippen LogP) is 2.91.